The van der Waals surface area contributed by atoms with E-state index in [9.17, 15) is 0 Å². The predicted octanol–water partition coefficient (Wildman–Crippen LogP) is 2.43. The van der Waals surface area contributed by atoms with Gasteiger partial charge in [0.15, 0.2) is 5.82 Å². The third-order valence-corrected chi connectivity index (χ3v) is 5.06. The third-order valence-electron chi connectivity index (χ3n) is 4.12. The van der Waals surface area contributed by atoms with Crippen LogP contribution in [0.5, 0.6) is 0 Å². The number of hydrogen-bond acceptors (Lipinski definition) is 6. The van der Waals surface area contributed by atoms with Crippen LogP contribution < -0.4 is 10.6 Å². The van der Waals surface area contributed by atoms with E-state index in [2.05, 4.69) is 38.1 Å². The first kappa shape index (κ1) is 15.0. The normalized spacial score (nSPS) is 20.0. The smallest absolute Gasteiger partial charge is 0.158 e. The highest BCUT2D eigenvalue weighted by molar-refractivity contribution is 7.10. The fourth-order valence-corrected chi connectivity index (χ4v) is 3.71. The fraction of sp³-hybridized carbons (Fsp3) is 0.235. The quantitative estimate of drug-likeness (QED) is 0.770. The van der Waals surface area contributed by atoms with E-state index >= 15 is 0 Å². The van der Waals surface area contributed by atoms with Gasteiger partial charge in [0.1, 0.15) is 23.7 Å². The molecule has 122 valence electrons. The Morgan fingerprint density at radius 1 is 1.21 bits per heavy atom. The maximum absolute atomic E-state index is 5.09. The van der Waals surface area contributed by atoms with Crippen molar-refractivity contribution in [2.45, 2.75) is 12.2 Å². The lowest BCUT2D eigenvalue weighted by Crippen LogP contribution is -2.38. The maximum Gasteiger partial charge on any atom is 0.158 e. The van der Waals surface area contributed by atoms with E-state index in [4.69, 9.17) is 4.99 Å². The Hall–Kier alpha value is -2.51. The SMILES string of the molecule is CNC1Nc2ncccc2C(c2nccn2C)=NC1c1cccs1. The van der Waals surface area contributed by atoms with Gasteiger partial charge in [0.05, 0.1) is 0 Å². The molecule has 0 fully saturated rings. The van der Waals surface area contributed by atoms with Crippen molar-refractivity contribution >= 4 is 22.9 Å². The van der Waals surface area contributed by atoms with Crippen molar-refractivity contribution in [2.24, 2.45) is 12.0 Å². The Balaban J connectivity index is 1.93. The van der Waals surface area contributed by atoms with Crippen molar-refractivity contribution in [3.63, 3.8) is 0 Å². The molecule has 6 nitrogen and oxygen atoms in total. The second kappa shape index (κ2) is 6.18. The Bertz CT molecular complexity index is 867. The van der Waals surface area contributed by atoms with Crippen molar-refractivity contribution in [1.29, 1.82) is 0 Å². The summed E-state index contributed by atoms with van der Waals surface area (Å²) in [6.07, 6.45) is 5.47. The molecule has 2 atom stereocenters. The Labute approximate surface area is 144 Å². The molecule has 3 aromatic heterocycles. The fourth-order valence-electron chi connectivity index (χ4n) is 2.91. The maximum atomic E-state index is 5.09. The number of fused-ring (bicyclic) bond motifs is 1. The molecule has 0 saturated heterocycles. The number of aromatic nitrogens is 3. The first-order chi connectivity index (χ1) is 11.8. The van der Waals surface area contributed by atoms with Gasteiger partial charge in [-0.15, -0.1) is 11.3 Å². The summed E-state index contributed by atoms with van der Waals surface area (Å²) in [5.41, 5.74) is 1.82. The first-order valence-electron chi connectivity index (χ1n) is 7.76. The number of pyridine rings is 1. The molecule has 1 aliphatic heterocycles. The summed E-state index contributed by atoms with van der Waals surface area (Å²) in [6, 6.07) is 8.07. The highest BCUT2D eigenvalue weighted by Crippen LogP contribution is 2.32. The number of aliphatic imine (C=N–C) groups is 1. The molecule has 7 heteroatoms. The topological polar surface area (TPSA) is 67.1 Å². The third kappa shape index (κ3) is 2.51. The molecule has 0 amide bonds. The molecular weight excluding hydrogens is 320 g/mol. The van der Waals surface area contributed by atoms with Gasteiger partial charge in [0.25, 0.3) is 0 Å². The lowest BCUT2D eigenvalue weighted by molar-refractivity contribution is 0.528. The molecule has 0 bridgehead atoms. The molecule has 0 saturated carbocycles. The largest absolute Gasteiger partial charge is 0.352 e. The van der Waals surface area contributed by atoms with E-state index < -0.39 is 0 Å². The van der Waals surface area contributed by atoms with Gasteiger partial charge < -0.3 is 9.88 Å². The van der Waals surface area contributed by atoms with Crippen molar-refractivity contribution in [2.75, 3.05) is 12.4 Å². The molecule has 24 heavy (non-hydrogen) atoms. The molecule has 1 aliphatic rings. The lowest BCUT2D eigenvalue weighted by Gasteiger charge is -2.22. The minimum absolute atomic E-state index is 0.0462. The van der Waals surface area contributed by atoms with Gasteiger partial charge in [-0.05, 0) is 30.6 Å². The zero-order chi connectivity index (χ0) is 16.5. The van der Waals surface area contributed by atoms with Crippen molar-refractivity contribution in [3.8, 4) is 0 Å². The number of thiophene rings is 1. The van der Waals surface area contributed by atoms with Gasteiger partial charge in [-0.1, -0.05) is 6.07 Å². The number of rotatable bonds is 3. The monoisotopic (exact) mass is 338 g/mol. The van der Waals surface area contributed by atoms with E-state index in [1.807, 2.05) is 37.0 Å². The van der Waals surface area contributed by atoms with Gasteiger partial charge in [0.2, 0.25) is 0 Å². The Morgan fingerprint density at radius 2 is 2.12 bits per heavy atom. The molecule has 0 aromatic carbocycles. The van der Waals surface area contributed by atoms with E-state index in [1.165, 1.54) is 4.88 Å². The lowest BCUT2D eigenvalue weighted by atomic mass is 10.1. The van der Waals surface area contributed by atoms with Crippen LogP contribution in [-0.2, 0) is 7.05 Å². The molecular formula is C17H18N6S. The van der Waals surface area contributed by atoms with E-state index in [0.29, 0.717) is 0 Å². The number of hydrogen-bond donors (Lipinski definition) is 2. The number of aryl methyl sites for hydroxylation is 1. The molecule has 4 rings (SSSR count). The van der Waals surface area contributed by atoms with Gasteiger partial charge in [-0.25, -0.2) is 9.97 Å². The summed E-state index contributed by atoms with van der Waals surface area (Å²) >= 11 is 1.71. The zero-order valence-electron chi connectivity index (χ0n) is 13.5. The number of imidazole rings is 1. The molecule has 0 spiro atoms. The summed E-state index contributed by atoms with van der Waals surface area (Å²) in [6.45, 7) is 0. The summed E-state index contributed by atoms with van der Waals surface area (Å²) < 4.78 is 1.99. The Morgan fingerprint density at radius 3 is 2.83 bits per heavy atom. The average molecular weight is 338 g/mol. The van der Waals surface area contributed by atoms with Crippen LogP contribution in [0.25, 0.3) is 0 Å². The molecule has 3 aromatic rings. The summed E-state index contributed by atoms with van der Waals surface area (Å²) in [5, 5.41) is 8.89. The molecule has 0 aliphatic carbocycles. The van der Waals surface area contributed by atoms with E-state index in [0.717, 1.165) is 22.9 Å². The minimum atomic E-state index is -0.0594. The van der Waals surface area contributed by atoms with Crippen LogP contribution in [0.15, 0.2) is 53.2 Å². The van der Waals surface area contributed by atoms with Crippen LogP contribution >= 0.6 is 11.3 Å². The van der Waals surface area contributed by atoms with E-state index in [-0.39, 0.29) is 12.2 Å². The van der Waals surface area contributed by atoms with Crippen LogP contribution in [-0.4, -0.2) is 33.5 Å². The summed E-state index contributed by atoms with van der Waals surface area (Å²) in [5.74, 6) is 1.65. The number of likely N-dealkylation sites (N-methyl/N-ethyl adjacent to an activating group) is 1. The molecule has 2 N–H and O–H groups in total. The second-order valence-electron chi connectivity index (χ2n) is 5.61. The standard InChI is InChI=1S/C17H18N6S/c1-18-16-14(12-6-4-10-24-12)21-13(17-20-8-9-23(17)2)11-5-3-7-19-15(11)22-16/h3-10,14,16,18H,1-2H3,(H,19,22). The minimum Gasteiger partial charge on any atom is -0.352 e. The van der Waals surface area contributed by atoms with Gasteiger partial charge >= 0.3 is 0 Å². The second-order valence-corrected chi connectivity index (χ2v) is 6.59. The Kier molecular flexibility index (Phi) is 3.87. The van der Waals surface area contributed by atoms with Crippen LogP contribution in [0.2, 0.25) is 0 Å². The van der Waals surface area contributed by atoms with Gasteiger partial charge in [-0.2, -0.15) is 0 Å². The van der Waals surface area contributed by atoms with Gasteiger partial charge in [-0.3, -0.25) is 10.3 Å². The molecule has 0 radical (unpaired) electrons. The van der Waals surface area contributed by atoms with Crippen LogP contribution in [0, 0.1) is 0 Å². The average Bonchev–Trinajstić information content (AvgIpc) is 3.24. The molecule has 2 unspecified atom stereocenters. The van der Waals surface area contributed by atoms with Crippen molar-refractivity contribution < 1.29 is 0 Å². The van der Waals surface area contributed by atoms with Crippen molar-refractivity contribution in [1.82, 2.24) is 19.9 Å². The van der Waals surface area contributed by atoms with Crippen LogP contribution in [0.4, 0.5) is 5.82 Å². The number of nitrogens with zero attached hydrogens (tertiary/aromatic N) is 4. The zero-order valence-corrected chi connectivity index (χ0v) is 14.3. The highest BCUT2D eigenvalue weighted by Gasteiger charge is 2.30. The van der Waals surface area contributed by atoms with Crippen LogP contribution in [0.3, 0.4) is 0 Å². The number of anilines is 1. The predicted molar refractivity (Wildman–Crippen MR) is 96.6 cm³/mol. The van der Waals surface area contributed by atoms with E-state index in [1.54, 1.807) is 23.7 Å². The highest BCUT2D eigenvalue weighted by atomic mass is 32.1. The van der Waals surface area contributed by atoms with Crippen LogP contribution in [0.1, 0.15) is 22.3 Å². The number of nitrogens with one attached hydrogen (secondary N) is 2. The first-order valence-corrected chi connectivity index (χ1v) is 8.64. The molecule has 4 heterocycles. The van der Waals surface area contributed by atoms with Crippen molar-refractivity contribution in [3.05, 3.63) is 64.5 Å². The summed E-state index contributed by atoms with van der Waals surface area (Å²) in [7, 11) is 3.91. The summed E-state index contributed by atoms with van der Waals surface area (Å²) in [4.78, 5) is 15.3. The van der Waals surface area contributed by atoms with Gasteiger partial charge in [0, 0.05) is 36.1 Å².